The molecule has 1 N–H and O–H groups in total. The summed E-state index contributed by atoms with van der Waals surface area (Å²) in [4.78, 5) is 37.4. The Hall–Kier alpha value is -4.72. The maximum Gasteiger partial charge on any atom is 0.338 e. The molecule has 0 unspecified atom stereocenters. The average molecular weight is 466 g/mol. The van der Waals surface area contributed by atoms with Crippen molar-refractivity contribution in [3.05, 3.63) is 108 Å². The summed E-state index contributed by atoms with van der Waals surface area (Å²) >= 11 is 0. The molecule has 0 saturated carbocycles. The molecule has 0 spiro atoms. The van der Waals surface area contributed by atoms with Crippen LogP contribution in [0.1, 0.15) is 21.5 Å². The van der Waals surface area contributed by atoms with Crippen LogP contribution in [0.3, 0.4) is 0 Å². The minimum atomic E-state index is -0.474. The molecule has 1 aliphatic rings. The number of amides is 3. The predicted molar refractivity (Wildman–Crippen MR) is 129 cm³/mol. The van der Waals surface area contributed by atoms with Gasteiger partial charge in [-0.15, -0.1) is 0 Å². The van der Waals surface area contributed by atoms with Crippen molar-refractivity contribution in [3.63, 3.8) is 0 Å². The van der Waals surface area contributed by atoms with Crippen molar-refractivity contribution in [2.75, 3.05) is 6.54 Å². The molecule has 1 saturated heterocycles. The van der Waals surface area contributed by atoms with E-state index < -0.39 is 12.0 Å². The first-order chi connectivity index (χ1) is 17.1. The number of nitrogens with zero attached hydrogens (tertiary/aromatic N) is 3. The van der Waals surface area contributed by atoms with E-state index in [0.29, 0.717) is 5.56 Å². The number of nitrogens with one attached hydrogen (secondary N) is 1. The summed E-state index contributed by atoms with van der Waals surface area (Å²) in [7, 11) is 0. The SMILES string of the molecule is O=C(OCc1cn(-c2ccccc2)nc1-c1ccccc1)c1ccc(CN2C(=O)CNC2=O)cc1. The first kappa shape index (κ1) is 22.1. The molecule has 4 aromatic rings. The Labute approximate surface area is 201 Å². The standard InChI is InChI=1S/C27H22N4O4/c32-24-15-28-27(34)30(24)16-19-11-13-21(14-12-19)26(33)35-18-22-17-31(23-9-5-2-6-10-23)29-25(22)20-7-3-1-4-8-20/h1-14,17H,15-16,18H2,(H,28,34). The Balaban J connectivity index is 1.30. The number of hydrogen-bond acceptors (Lipinski definition) is 5. The van der Waals surface area contributed by atoms with Crippen LogP contribution in [0.5, 0.6) is 0 Å². The number of carbonyl (C=O) groups excluding carboxylic acids is 3. The normalized spacial score (nSPS) is 13.1. The molecule has 0 bridgehead atoms. The summed E-state index contributed by atoms with van der Waals surface area (Å²) in [5, 5.41) is 7.22. The number of benzene rings is 3. The summed E-state index contributed by atoms with van der Waals surface area (Å²) in [5.74, 6) is -0.748. The fraction of sp³-hybridized carbons (Fsp3) is 0.111. The topological polar surface area (TPSA) is 93.5 Å². The zero-order valence-corrected chi connectivity index (χ0v) is 18.8. The van der Waals surface area contributed by atoms with Crippen LogP contribution in [0.15, 0.2) is 91.1 Å². The second kappa shape index (κ2) is 9.64. The van der Waals surface area contributed by atoms with Crippen molar-refractivity contribution in [2.24, 2.45) is 0 Å². The molecule has 0 aliphatic carbocycles. The molecule has 8 heteroatoms. The van der Waals surface area contributed by atoms with Gasteiger partial charge >= 0.3 is 12.0 Å². The van der Waals surface area contributed by atoms with Gasteiger partial charge in [0.25, 0.3) is 0 Å². The number of aromatic nitrogens is 2. The Morgan fingerprint density at radius 1 is 0.914 bits per heavy atom. The van der Waals surface area contributed by atoms with Crippen molar-refractivity contribution in [2.45, 2.75) is 13.2 Å². The maximum atomic E-state index is 12.7. The summed E-state index contributed by atoms with van der Waals surface area (Å²) < 4.78 is 7.39. The molecule has 3 aromatic carbocycles. The zero-order chi connectivity index (χ0) is 24.2. The number of ether oxygens (including phenoxy) is 1. The molecule has 174 valence electrons. The van der Waals surface area contributed by atoms with Crippen molar-refractivity contribution in [1.29, 1.82) is 0 Å². The summed E-state index contributed by atoms with van der Waals surface area (Å²) in [6, 6.07) is 25.7. The van der Waals surface area contributed by atoms with Gasteiger partial charge in [-0.3, -0.25) is 9.69 Å². The molecule has 1 aromatic heterocycles. The van der Waals surface area contributed by atoms with Crippen LogP contribution in [-0.2, 0) is 22.7 Å². The van der Waals surface area contributed by atoms with Crippen LogP contribution in [-0.4, -0.2) is 39.1 Å². The molecule has 8 nitrogen and oxygen atoms in total. The summed E-state index contributed by atoms with van der Waals surface area (Å²) in [6.45, 7) is 0.217. The van der Waals surface area contributed by atoms with E-state index >= 15 is 0 Å². The maximum absolute atomic E-state index is 12.7. The number of imide groups is 1. The van der Waals surface area contributed by atoms with Crippen molar-refractivity contribution in [1.82, 2.24) is 20.0 Å². The van der Waals surface area contributed by atoms with Crippen LogP contribution in [0.2, 0.25) is 0 Å². The molecule has 2 heterocycles. The summed E-state index contributed by atoms with van der Waals surface area (Å²) in [5.41, 5.74) is 4.47. The van der Waals surface area contributed by atoms with Gasteiger partial charge in [-0.2, -0.15) is 5.10 Å². The molecule has 35 heavy (non-hydrogen) atoms. The van der Waals surface area contributed by atoms with Gasteiger partial charge in [-0.25, -0.2) is 14.3 Å². The molecule has 1 fully saturated rings. The van der Waals surface area contributed by atoms with Crippen LogP contribution >= 0.6 is 0 Å². The third kappa shape index (κ3) is 4.81. The quantitative estimate of drug-likeness (QED) is 0.329. The fourth-order valence-electron chi connectivity index (χ4n) is 3.84. The van der Waals surface area contributed by atoms with E-state index in [2.05, 4.69) is 5.32 Å². The van der Waals surface area contributed by atoms with Gasteiger partial charge in [0.2, 0.25) is 5.91 Å². The van der Waals surface area contributed by atoms with Crippen LogP contribution < -0.4 is 5.32 Å². The van der Waals surface area contributed by atoms with Crippen LogP contribution in [0, 0.1) is 0 Å². The van der Waals surface area contributed by atoms with Gasteiger partial charge in [0.15, 0.2) is 0 Å². The third-order valence-electron chi connectivity index (χ3n) is 5.68. The van der Waals surface area contributed by atoms with Crippen LogP contribution in [0.4, 0.5) is 4.79 Å². The number of para-hydroxylation sites is 1. The third-order valence-corrected chi connectivity index (χ3v) is 5.68. The number of urea groups is 1. The smallest absolute Gasteiger partial charge is 0.338 e. The van der Waals surface area contributed by atoms with Gasteiger partial charge in [0.05, 0.1) is 30.0 Å². The molecular formula is C27H22N4O4. The van der Waals surface area contributed by atoms with E-state index in [4.69, 9.17) is 9.84 Å². The second-order valence-corrected chi connectivity index (χ2v) is 8.06. The van der Waals surface area contributed by atoms with Crippen molar-refractivity contribution >= 4 is 17.9 Å². The monoisotopic (exact) mass is 466 g/mol. The fourth-order valence-corrected chi connectivity index (χ4v) is 3.84. The second-order valence-electron chi connectivity index (χ2n) is 8.06. The van der Waals surface area contributed by atoms with E-state index in [1.165, 1.54) is 0 Å². The van der Waals surface area contributed by atoms with Gasteiger partial charge < -0.3 is 10.1 Å². The molecule has 5 rings (SSSR count). The van der Waals surface area contributed by atoms with Gasteiger partial charge in [-0.1, -0.05) is 60.7 Å². The molecule has 0 radical (unpaired) electrons. The zero-order valence-electron chi connectivity index (χ0n) is 18.8. The summed E-state index contributed by atoms with van der Waals surface area (Å²) in [6.07, 6.45) is 1.87. The van der Waals surface area contributed by atoms with Crippen LogP contribution in [0.25, 0.3) is 16.9 Å². The number of rotatable bonds is 7. The van der Waals surface area contributed by atoms with E-state index in [9.17, 15) is 14.4 Å². The Bertz CT molecular complexity index is 1350. The lowest BCUT2D eigenvalue weighted by atomic mass is 10.1. The highest BCUT2D eigenvalue weighted by Gasteiger charge is 2.28. The minimum absolute atomic E-state index is 0.00900. The first-order valence-electron chi connectivity index (χ1n) is 11.1. The van der Waals surface area contributed by atoms with E-state index in [1.54, 1.807) is 28.9 Å². The largest absolute Gasteiger partial charge is 0.457 e. The molecule has 1 aliphatic heterocycles. The van der Waals surface area contributed by atoms with Gasteiger partial charge in [0, 0.05) is 17.3 Å². The van der Waals surface area contributed by atoms with Gasteiger partial charge in [-0.05, 0) is 29.8 Å². The number of hydrogen-bond donors (Lipinski definition) is 1. The predicted octanol–water partition coefficient (Wildman–Crippen LogP) is 3.95. The molecule has 0 atom stereocenters. The van der Waals surface area contributed by atoms with E-state index in [-0.39, 0.29) is 25.6 Å². The van der Waals surface area contributed by atoms with Crippen molar-refractivity contribution < 1.29 is 19.1 Å². The Kier molecular flexibility index (Phi) is 6.09. The van der Waals surface area contributed by atoms with Gasteiger partial charge in [0.1, 0.15) is 6.61 Å². The lowest BCUT2D eigenvalue weighted by molar-refractivity contribution is -0.125. The Morgan fingerprint density at radius 2 is 1.60 bits per heavy atom. The van der Waals surface area contributed by atoms with Crippen molar-refractivity contribution in [3.8, 4) is 16.9 Å². The van der Waals surface area contributed by atoms with E-state index in [1.807, 2.05) is 66.9 Å². The Morgan fingerprint density at radius 3 is 2.26 bits per heavy atom. The molecule has 3 amide bonds. The van der Waals surface area contributed by atoms with E-state index in [0.717, 1.165) is 33.0 Å². The average Bonchev–Trinajstić information content (AvgIpc) is 3.47. The highest BCUT2D eigenvalue weighted by atomic mass is 16.5. The first-order valence-corrected chi connectivity index (χ1v) is 11.1. The molecular weight excluding hydrogens is 444 g/mol. The minimum Gasteiger partial charge on any atom is -0.457 e. The number of carbonyl (C=O) groups is 3. The lowest BCUT2D eigenvalue weighted by Gasteiger charge is -2.12. The highest BCUT2D eigenvalue weighted by molar-refractivity contribution is 6.01. The lowest BCUT2D eigenvalue weighted by Crippen LogP contribution is -2.30. The number of esters is 1. The highest BCUT2D eigenvalue weighted by Crippen LogP contribution is 2.24.